The van der Waals surface area contributed by atoms with E-state index in [1.165, 1.54) is 23.1 Å². The number of rotatable bonds is 6. The van der Waals surface area contributed by atoms with Crippen molar-refractivity contribution in [3.05, 3.63) is 106 Å². The molecule has 0 unspecified atom stereocenters. The predicted octanol–water partition coefficient (Wildman–Crippen LogP) is 6.38. The summed E-state index contributed by atoms with van der Waals surface area (Å²) >= 11 is 8.37. The summed E-state index contributed by atoms with van der Waals surface area (Å²) in [5.74, 6) is 0.0594. The Balaban J connectivity index is 1.69. The van der Waals surface area contributed by atoms with Gasteiger partial charge in [0, 0.05) is 5.56 Å². The quantitative estimate of drug-likeness (QED) is 0.206. The smallest absolute Gasteiger partial charge is 0.184 e. The van der Waals surface area contributed by atoms with Crippen LogP contribution in [0.2, 0.25) is 0 Å². The van der Waals surface area contributed by atoms with Crippen LogP contribution in [0, 0.1) is 3.95 Å². The number of hydrogen-bond acceptors (Lipinski definition) is 5. The van der Waals surface area contributed by atoms with Crippen molar-refractivity contribution in [2.24, 2.45) is 0 Å². The SMILES string of the molecule is O=C(c1ccccc1)[C@@H](Sc1nn(-c2ccccc2)c(=S)s1)c1ccccc1. The third-order valence-electron chi connectivity index (χ3n) is 4.15. The summed E-state index contributed by atoms with van der Waals surface area (Å²) < 4.78 is 3.18. The first-order chi connectivity index (χ1) is 13.7. The van der Waals surface area contributed by atoms with Crippen molar-refractivity contribution in [3.63, 3.8) is 0 Å². The van der Waals surface area contributed by atoms with E-state index < -0.39 is 0 Å². The number of carbonyl (C=O) groups excluding carboxylic acids is 1. The van der Waals surface area contributed by atoms with E-state index >= 15 is 0 Å². The third kappa shape index (κ3) is 4.14. The molecule has 0 N–H and O–H groups in total. The van der Waals surface area contributed by atoms with E-state index in [2.05, 4.69) is 5.10 Å². The van der Waals surface area contributed by atoms with Crippen molar-refractivity contribution in [2.45, 2.75) is 9.59 Å². The van der Waals surface area contributed by atoms with Crippen LogP contribution in [0.4, 0.5) is 0 Å². The number of aromatic nitrogens is 2. The van der Waals surface area contributed by atoms with Crippen LogP contribution >= 0.6 is 35.3 Å². The molecule has 0 fully saturated rings. The lowest BCUT2D eigenvalue weighted by Gasteiger charge is -2.14. The van der Waals surface area contributed by atoms with Crippen molar-refractivity contribution >= 4 is 41.1 Å². The third-order valence-corrected chi connectivity index (χ3v) is 6.72. The Hall–Kier alpha value is -2.54. The topological polar surface area (TPSA) is 34.9 Å². The maximum Gasteiger partial charge on any atom is 0.184 e. The van der Waals surface area contributed by atoms with Gasteiger partial charge >= 0.3 is 0 Å². The van der Waals surface area contributed by atoms with Crippen LogP contribution < -0.4 is 0 Å². The van der Waals surface area contributed by atoms with Crippen molar-refractivity contribution in [2.75, 3.05) is 0 Å². The molecule has 0 spiro atoms. The highest BCUT2D eigenvalue weighted by Crippen LogP contribution is 2.39. The molecule has 0 aliphatic rings. The lowest BCUT2D eigenvalue weighted by atomic mass is 10.0. The summed E-state index contributed by atoms with van der Waals surface area (Å²) in [4.78, 5) is 13.2. The van der Waals surface area contributed by atoms with Crippen LogP contribution in [0.5, 0.6) is 0 Å². The fourth-order valence-corrected chi connectivity index (χ4v) is 5.43. The van der Waals surface area contributed by atoms with E-state index in [0.717, 1.165) is 15.6 Å². The Bertz CT molecular complexity index is 1120. The average molecular weight is 421 g/mol. The van der Waals surface area contributed by atoms with E-state index in [1.54, 1.807) is 4.68 Å². The van der Waals surface area contributed by atoms with Crippen LogP contribution in [-0.2, 0) is 0 Å². The molecule has 138 valence electrons. The number of benzene rings is 3. The molecule has 1 aromatic heterocycles. The van der Waals surface area contributed by atoms with Crippen molar-refractivity contribution < 1.29 is 4.79 Å². The number of nitrogens with zero attached hydrogens (tertiary/aromatic N) is 2. The first-order valence-corrected chi connectivity index (χ1v) is 10.8. The molecule has 0 bridgehead atoms. The highest BCUT2D eigenvalue weighted by atomic mass is 32.2. The summed E-state index contributed by atoms with van der Waals surface area (Å²) in [6, 6.07) is 29.0. The largest absolute Gasteiger partial charge is 0.293 e. The molecule has 0 aliphatic carbocycles. The molecule has 0 saturated heterocycles. The number of Topliss-reactive ketones (excluding diaryl/α,β-unsaturated/α-hetero) is 1. The first kappa shape index (κ1) is 18.8. The molecule has 0 radical (unpaired) electrons. The molecule has 3 aromatic carbocycles. The van der Waals surface area contributed by atoms with Crippen LogP contribution in [0.25, 0.3) is 5.69 Å². The standard InChI is InChI=1S/C22H16N2OS3/c25-19(16-10-4-1-5-11-16)20(17-12-6-2-7-13-17)27-21-23-24(22(26)28-21)18-14-8-3-9-15-18/h1-15,20H/t20-/m0/s1. The van der Waals surface area contributed by atoms with Gasteiger partial charge in [-0.1, -0.05) is 102 Å². The monoisotopic (exact) mass is 420 g/mol. The first-order valence-electron chi connectivity index (χ1n) is 8.69. The van der Waals surface area contributed by atoms with E-state index in [4.69, 9.17) is 12.2 Å². The van der Waals surface area contributed by atoms with Gasteiger partial charge in [0.2, 0.25) is 0 Å². The molecule has 28 heavy (non-hydrogen) atoms. The molecule has 1 atom stereocenters. The minimum Gasteiger partial charge on any atom is -0.293 e. The number of hydrogen-bond donors (Lipinski definition) is 0. The van der Waals surface area contributed by atoms with Gasteiger partial charge < -0.3 is 0 Å². The van der Waals surface area contributed by atoms with E-state index in [9.17, 15) is 4.79 Å². The molecule has 4 rings (SSSR count). The summed E-state index contributed by atoms with van der Waals surface area (Å²) in [5.41, 5.74) is 2.56. The predicted molar refractivity (Wildman–Crippen MR) is 118 cm³/mol. The maximum atomic E-state index is 13.2. The van der Waals surface area contributed by atoms with E-state index in [0.29, 0.717) is 9.52 Å². The van der Waals surface area contributed by atoms with Crippen LogP contribution in [0.1, 0.15) is 21.2 Å². The number of para-hydroxylation sites is 1. The fourth-order valence-electron chi connectivity index (χ4n) is 2.80. The minimum absolute atomic E-state index is 0.0594. The Morgan fingerprint density at radius 2 is 1.46 bits per heavy atom. The lowest BCUT2D eigenvalue weighted by Crippen LogP contribution is -2.10. The average Bonchev–Trinajstić information content (AvgIpc) is 3.13. The molecular weight excluding hydrogens is 404 g/mol. The Labute approximate surface area is 176 Å². The zero-order valence-electron chi connectivity index (χ0n) is 14.8. The van der Waals surface area contributed by atoms with Crippen LogP contribution in [0.3, 0.4) is 0 Å². The molecule has 3 nitrogen and oxygen atoms in total. The van der Waals surface area contributed by atoms with Crippen molar-refractivity contribution in [3.8, 4) is 5.69 Å². The zero-order valence-corrected chi connectivity index (χ0v) is 17.2. The molecular formula is C22H16N2OS3. The second-order valence-electron chi connectivity index (χ2n) is 6.02. The van der Waals surface area contributed by atoms with E-state index in [1.807, 2.05) is 91.0 Å². The fraction of sp³-hybridized carbons (Fsp3) is 0.0455. The van der Waals surface area contributed by atoms with Gasteiger partial charge in [-0.05, 0) is 29.9 Å². The number of carbonyl (C=O) groups is 1. The van der Waals surface area contributed by atoms with Crippen LogP contribution in [0.15, 0.2) is 95.3 Å². The van der Waals surface area contributed by atoms with Gasteiger partial charge in [0.15, 0.2) is 14.1 Å². The highest BCUT2D eigenvalue weighted by molar-refractivity contribution is 8.02. The summed E-state index contributed by atoms with van der Waals surface area (Å²) in [7, 11) is 0. The van der Waals surface area contributed by atoms with Crippen molar-refractivity contribution in [1.82, 2.24) is 9.78 Å². The van der Waals surface area contributed by atoms with Gasteiger partial charge in [-0.2, -0.15) is 0 Å². The Morgan fingerprint density at radius 1 is 0.893 bits per heavy atom. The molecule has 0 saturated carbocycles. The van der Waals surface area contributed by atoms with Gasteiger partial charge in [-0.3, -0.25) is 4.79 Å². The van der Waals surface area contributed by atoms with E-state index in [-0.39, 0.29) is 11.0 Å². The summed E-state index contributed by atoms with van der Waals surface area (Å²) in [6.07, 6.45) is 0. The molecule has 6 heteroatoms. The second-order valence-corrected chi connectivity index (χ2v) is 8.99. The number of ketones is 1. The Kier molecular flexibility index (Phi) is 5.81. The number of thioether (sulfide) groups is 1. The minimum atomic E-state index is -0.381. The zero-order chi connectivity index (χ0) is 19.3. The van der Waals surface area contributed by atoms with Crippen molar-refractivity contribution in [1.29, 1.82) is 0 Å². The summed E-state index contributed by atoms with van der Waals surface area (Å²) in [5, 5.41) is 4.28. The van der Waals surface area contributed by atoms with Gasteiger partial charge in [-0.15, -0.1) is 5.10 Å². The normalized spacial score (nSPS) is 11.9. The lowest BCUT2D eigenvalue weighted by molar-refractivity contribution is 0.0989. The Morgan fingerprint density at radius 3 is 2.11 bits per heavy atom. The van der Waals surface area contributed by atoms with Gasteiger partial charge in [0.25, 0.3) is 0 Å². The molecule has 0 amide bonds. The van der Waals surface area contributed by atoms with Gasteiger partial charge in [0.05, 0.1) is 10.9 Å². The summed E-state index contributed by atoms with van der Waals surface area (Å²) in [6.45, 7) is 0. The molecule has 0 aliphatic heterocycles. The van der Waals surface area contributed by atoms with Gasteiger partial charge in [0.1, 0.15) is 0 Å². The second kappa shape index (κ2) is 8.65. The van der Waals surface area contributed by atoms with Gasteiger partial charge in [-0.25, -0.2) is 4.68 Å². The highest BCUT2D eigenvalue weighted by Gasteiger charge is 2.25. The molecule has 4 aromatic rings. The molecule has 1 heterocycles. The maximum absolute atomic E-state index is 13.2. The van der Waals surface area contributed by atoms with Crippen LogP contribution in [-0.4, -0.2) is 15.6 Å².